The van der Waals surface area contributed by atoms with Gasteiger partial charge in [0.05, 0.1) is 0 Å². The third-order valence-electron chi connectivity index (χ3n) is 3.24. The van der Waals surface area contributed by atoms with Crippen molar-refractivity contribution in [3.63, 3.8) is 0 Å². The first-order valence-corrected chi connectivity index (χ1v) is 6.67. The number of rotatable bonds is 0. The summed E-state index contributed by atoms with van der Waals surface area (Å²) in [6.07, 6.45) is 4.67. The first kappa shape index (κ1) is 9.17. The zero-order valence-electron chi connectivity index (χ0n) is 7.53. The molecular weight excluding hydrogens is 304 g/mol. The second-order valence-electron chi connectivity index (χ2n) is 3.96. The molecule has 1 aromatic rings. The quantitative estimate of drug-likeness (QED) is 0.498. The molecule has 2 bridgehead atoms. The first-order chi connectivity index (χ1) is 6.79. The Bertz CT molecular complexity index is 397. The summed E-state index contributed by atoms with van der Waals surface area (Å²) < 4.78 is 0. The highest BCUT2D eigenvalue weighted by molar-refractivity contribution is 9.10. The van der Waals surface area contributed by atoms with E-state index in [1.165, 1.54) is 11.1 Å². The Kier molecular flexibility index (Phi) is 2.10. The minimum atomic E-state index is 0.470. The molecule has 0 aromatic heterocycles. The summed E-state index contributed by atoms with van der Waals surface area (Å²) in [5, 5.41) is 0. The standard InChI is InChI=1S/C12H10Br2/c13-11-8-4-2-1-3-7(8)9-5-6-10(11)12(9)14/h1-6,9-12H/t9-,10+,11-,12-/m0/s1. The van der Waals surface area contributed by atoms with Gasteiger partial charge < -0.3 is 0 Å². The molecule has 72 valence electrons. The number of alkyl halides is 2. The van der Waals surface area contributed by atoms with E-state index in [1.54, 1.807) is 0 Å². The van der Waals surface area contributed by atoms with Gasteiger partial charge in [0.15, 0.2) is 0 Å². The smallest absolute Gasteiger partial charge is 0.0471 e. The average molecular weight is 314 g/mol. The second-order valence-corrected chi connectivity index (χ2v) is 6.01. The molecule has 0 aliphatic heterocycles. The fraction of sp³-hybridized carbons (Fsp3) is 0.333. The van der Waals surface area contributed by atoms with Crippen LogP contribution >= 0.6 is 31.9 Å². The molecule has 0 heterocycles. The van der Waals surface area contributed by atoms with E-state index in [0.29, 0.717) is 21.5 Å². The second kappa shape index (κ2) is 3.21. The summed E-state index contributed by atoms with van der Waals surface area (Å²) in [5.74, 6) is 1.18. The number of fused-ring (bicyclic) bond motifs is 4. The summed E-state index contributed by atoms with van der Waals surface area (Å²) in [5.41, 5.74) is 2.93. The zero-order chi connectivity index (χ0) is 9.71. The summed E-state index contributed by atoms with van der Waals surface area (Å²) in [4.78, 5) is 1.04. The maximum absolute atomic E-state index is 3.80. The van der Waals surface area contributed by atoms with E-state index >= 15 is 0 Å². The van der Waals surface area contributed by atoms with Gasteiger partial charge in [-0.1, -0.05) is 68.3 Å². The Morgan fingerprint density at radius 1 is 0.929 bits per heavy atom. The highest BCUT2D eigenvalue weighted by Crippen LogP contribution is 2.53. The number of halogens is 2. The van der Waals surface area contributed by atoms with Gasteiger partial charge in [0.25, 0.3) is 0 Å². The van der Waals surface area contributed by atoms with Crippen LogP contribution in [-0.4, -0.2) is 4.83 Å². The van der Waals surface area contributed by atoms with E-state index in [4.69, 9.17) is 0 Å². The van der Waals surface area contributed by atoms with Crippen molar-refractivity contribution >= 4 is 31.9 Å². The molecule has 0 N–H and O–H groups in total. The molecule has 2 aliphatic rings. The Balaban J connectivity index is 2.21. The highest BCUT2D eigenvalue weighted by atomic mass is 79.9. The zero-order valence-corrected chi connectivity index (χ0v) is 10.7. The lowest BCUT2D eigenvalue weighted by Gasteiger charge is -2.32. The minimum absolute atomic E-state index is 0.470. The maximum Gasteiger partial charge on any atom is 0.0471 e. The maximum atomic E-state index is 3.80. The van der Waals surface area contributed by atoms with Crippen molar-refractivity contribution < 1.29 is 0 Å². The van der Waals surface area contributed by atoms with Crippen LogP contribution in [0.25, 0.3) is 0 Å². The summed E-state index contributed by atoms with van der Waals surface area (Å²) >= 11 is 7.60. The summed E-state index contributed by atoms with van der Waals surface area (Å²) in [6, 6.07) is 8.74. The van der Waals surface area contributed by atoms with Gasteiger partial charge in [-0.05, 0) is 11.1 Å². The molecule has 1 aromatic carbocycles. The van der Waals surface area contributed by atoms with Crippen molar-refractivity contribution in [1.82, 2.24) is 0 Å². The van der Waals surface area contributed by atoms with Gasteiger partial charge in [0.2, 0.25) is 0 Å². The summed E-state index contributed by atoms with van der Waals surface area (Å²) in [6.45, 7) is 0. The van der Waals surface area contributed by atoms with Crippen LogP contribution in [0.3, 0.4) is 0 Å². The Morgan fingerprint density at radius 2 is 1.64 bits per heavy atom. The number of hydrogen-bond donors (Lipinski definition) is 0. The van der Waals surface area contributed by atoms with Crippen molar-refractivity contribution in [2.45, 2.75) is 15.6 Å². The molecular formula is C12H10Br2. The molecule has 0 fully saturated rings. The molecule has 4 atom stereocenters. The molecule has 14 heavy (non-hydrogen) atoms. The van der Waals surface area contributed by atoms with E-state index in [9.17, 15) is 0 Å². The Morgan fingerprint density at radius 3 is 2.43 bits per heavy atom. The van der Waals surface area contributed by atoms with Crippen LogP contribution in [0.15, 0.2) is 36.4 Å². The molecule has 0 spiro atoms. The molecule has 0 unspecified atom stereocenters. The SMILES string of the molecule is Br[C@@H]1[C@@H]2C=C[C@H]1c1ccccc1[C@@H]2Br. The lowest BCUT2D eigenvalue weighted by Crippen LogP contribution is -2.24. The number of benzene rings is 1. The van der Waals surface area contributed by atoms with Crippen LogP contribution in [-0.2, 0) is 0 Å². The van der Waals surface area contributed by atoms with Crippen LogP contribution in [0.2, 0.25) is 0 Å². The van der Waals surface area contributed by atoms with E-state index in [-0.39, 0.29) is 0 Å². The lowest BCUT2D eigenvalue weighted by molar-refractivity contribution is 0.575. The molecule has 0 saturated carbocycles. The third kappa shape index (κ3) is 1.10. The normalized spacial score (nSPS) is 38.4. The van der Waals surface area contributed by atoms with Gasteiger partial charge in [0.1, 0.15) is 0 Å². The fourth-order valence-corrected chi connectivity index (χ4v) is 4.78. The van der Waals surface area contributed by atoms with Gasteiger partial charge >= 0.3 is 0 Å². The molecule has 0 amide bonds. The van der Waals surface area contributed by atoms with Gasteiger partial charge in [-0.15, -0.1) is 0 Å². The number of hydrogen-bond acceptors (Lipinski definition) is 0. The van der Waals surface area contributed by atoms with Crippen LogP contribution in [0, 0.1) is 5.92 Å². The van der Waals surface area contributed by atoms with Gasteiger partial charge in [0, 0.05) is 21.5 Å². The van der Waals surface area contributed by atoms with Crippen molar-refractivity contribution in [1.29, 1.82) is 0 Å². The largest absolute Gasteiger partial charge is 0.0874 e. The van der Waals surface area contributed by atoms with Crippen molar-refractivity contribution in [2.24, 2.45) is 5.92 Å². The lowest BCUT2D eigenvalue weighted by atomic mass is 9.82. The molecule has 3 rings (SSSR count). The van der Waals surface area contributed by atoms with Crippen molar-refractivity contribution in [2.75, 3.05) is 0 Å². The Hall–Kier alpha value is -0.0800. The molecule has 0 saturated heterocycles. The van der Waals surface area contributed by atoms with Gasteiger partial charge in [-0.2, -0.15) is 0 Å². The van der Waals surface area contributed by atoms with Crippen LogP contribution in [0.4, 0.5) is 0 Å². The molecule has 2 aliphatic carbocycles. The average Bonchev–Trinajstić information content (AvgIpc) is 2.51. The third-order valence-corrected chi connectivity index (χ3v) is 5.53. The number of allylic oxidation sites excluding steroid dienone is 2. The predicted molar refractivity (Wildman–Crippen MR) is 66.2 cm³/mol. The molecule has 0 radical (unpaired) electrons. The van der Waals surface area contributed by atoms with Crippen LogP contribution in [0.5, 0.6) is 0 Å². The monoisotopic (exact) mass is 312 g/mol. The van der Waals surface area contributed by atoms with Crippen LogP contribution in [0.1, 0.15) is 21.9 Å². The minimum Gasteiger partial charge on any atom is -0.0874 e. The van der Waals surface area contributed by atoms with Gasteiger partial charge in [-0.3, -0.25) is 0 Å². The van der Waals surface area contributed by atoms with E-state index in [2.05, 4.69) is 68.3 Å². The van der Waals surface area contributed by atoms with Crippen LogP contribution < -0.4 is 0 Å². The van der Waals surface area contributed by atoms with Crippen molar-refractivity contribution in [3.05, 3.63) is 47.5 Å². The topological polar surface area (TPSA) is 0 Å². The van der Waals surface area contributed by atoms with Crippen molar-refractivity contribution in [3.8, 4) is 0 Å². The molecule has 2 heteroatoms. The first-order valence-electron chi connectivity index (χ1n) is 4.84. The van der Waals surface area contributed by atoms with E-state index in [1.807, 2.05) is 0 Å². The van der Waals surface area contributed by atoms with E-state index in [0.717, 1.165) is 0 Å². The van der Waals surface area contributed by atoms with E-state index < -0.39 is 0 Å². The predicted octanol–water partition coefficient (Wildman–Crippen LogP) is 4.17. The fourth-order valence-electron chi connectivity index (χ4n) is 2.51. The van der Waals surface area contributed by atoms with Gasteiger partial charge in [-0.25, -0.2) is 0 Å². The molecule has 0 nitrogen and oxygen atoms in total. The highest BCUT2D eigenvalue weighted by Gasteiger charge is 2.41. The summed E-state index contributed by atoms with van der Waals surface area (Å²) in [7, 11) is 0. The Labute approximate surface area is 101 Å².